The van der Waals surface area contributed by atoms with Crippen LogP contribution in [0.1, 0.15) is 26.3 Å². The van der Waals surface area contributed by atoms with E-state index in [1.165, 1.54) is 12.0 Å². The molecule has 0 atom stereocenters. The lowest BCUT2D eigenvalue weighted by Crippen LogP contribution is -2.30. The van der Waals surface area contributed by atoms with E-state index >= 15 is 0 Å². The number of nitrogens with zero attached hydrogens (tertiary/aromatic N) is 1. The number of methoxy groups -OCH3 is 1. The maximum Gasteiger partial charge on any atom is 0.266 e. The Morgan fingerprint density at radius 1 is 1.00 bits per heavy atom. The Labute approximate surface area is 121 Å². The lowest BCUT2D eigenvalue weighted by Gasteiger charge is -2.16. The van der Waals surface area contributed by atoms with Crippen molar-refractivity contribution in [3.8, 4) is 5.75 Å². The van der Waals surface area contributed by atoms with Gasteiger partial charge in [0.1, 0.15) is 5.75 Å². The smallest absolute Gasteiger partial charge is 0.266 e. The molecular formula is C16H14N2O3. The molecule has 1 aliphatic heterocycles. The van der Waals surface area contributed by atoms with Crippen LogP contribution in [-0.2, 0) is 0 Å². The fourth-order valence-electron chi connectivity index (χ4n) is 2.50. The predicted molar refractivity (Wildman–Crippen MR) is 79.7 cm³/mol. The number of ether oxygens (including phenoxy) is 1. The highest BCUT2D eigenvalue weighted by Gasteiger charge is 2.37. The first kappa shape index (κ1) is 13.2. The van der Waals surface area contributed by atoms with E-state index in [0.29, 0.717) is 28.3 Å². The number of rotatable bonds is 2. The van der Waals surface area contributed by atoms with Crippen molar-refractivity contribution in [3.05, 3.63) is 53.1 Å². The summed E-state index contributed by atoms with van der Waals surface area (Å²) in [5, 5.41) is 0. The minimum absolute atomic E-state index is 0.328. The summed E-state index contributed by atoms with van der Waals surface area (Å²) in [5.41, 5.74) is 8.37. The number of fused-ring (bicyclic) bond motifs is 1. The summed E-state index contributed by atoms with van der Waals surface area (Å²) in [4.78, 5) is 26.2. The maximum atomic E-state index is 12.5. The highest BCUT2D eigenvalue weighted by atomic mass is 16.5. The Kier molecular flexibility index (Phi) is 2.90. The third-order valence-corrected chi connectivity index (χ3v) is 3.56. The fraction of sp³-hybridized carbons (Fsp3) is 0.125. The molecule has 5 heteroatoms. The van der Waals surface area contributed by atoms with Crippen LogP contribution in [0.15, 0.2) is 36.4 Å². The summed E-state index contributed by atoms with van der Waals surface area (Å²) in [7, 11) is 1.52. The molecule has 5 nitrogen and oxygen atoms in total. The molecule has 2 N–H and O–H groups in total. The number of carbonyl (C=O) groups excluding carboxylic acids is 2. The van der Waals surface area contributed by atoms with Gasteiger partial charge in [0.25, 0.3) is 11.8 Å². The average Bonchev–Trinajstić information content (AvgIpc) is 2.71. The first-order valence-electron chi connectivity index (χ1n) is 6.46. The number of carbonyl (C=O) groups is 2. The van der Waals surface area contributed by atoms with Gasteiger partial charge in [0, 0.05) is 5.69 Å². The van der Waals surface area contributed by atoms with E-state index in [-0.39, 0.29) is 11.8 Å². The van der Waals surface area contributed by atoms with Gasteiger partial charge in [-0.15, -0.1) is 0 Å². The zero-order chi connectivity index (χ0) is 15.1. The molecule has 0 aromatic heterocycles. The van der Waals surface area contributed by atoms with E-state index in [4.69, 9.17) is 10.5 Å². The minimum Gasteiger partial charge on any atom is -0.497 e. The molecule has 106 valence electrons. The van der Waals surface area contributed by atoms with Crippen molar-refractivity contribution in [1.29, 1.82) is 0 Å². The van der Waals surface area contributed by atoms with E-state index in [1.807, 2.05) is 6.92 Å². The largest absolute Gasteiger partial charge is 0.497 e. The summed E-state index contributed by atoms with van der Waals surface area (Å²) >= 11 is 0. The third kappa shape index (κ3) is 1.94. The van der Waals surface area contributed by atoms with E-state index < -0.39 is 0 Å². The molecule has 0 bridgehead atoms. The molecule has 2 aromatic rings. The molecule has 1 aliphatic rings. The molecule has 0 spiro atoms. The average molecular weight is 282 g/mol. The SMILES string of the molecule is COc1ccc2c(c1)C(=O)N(c1ccc(N)cc1C)C2=O. The minimum atomic E-state index is -0.346. The quantitative estimate of drug-likeness (QED) is 0.678. The molecule has 0 saturated carbocycles. The first-order valence-corrected chi connectivity index (χ1v) is 6.46. The second-order valence-corrected chi connectivity index (χ2v) is 4.90. The first-order chi connectivity index (χ1) is 10.0. The van der Waals surface area contributed by atoms with E-state index in [1.54, 1.807) is 36.4 Å². The number of aryl methyl sites for hydroxylation is 1. The number of amides is 2. The van der Waals surface area contributed by atoms with Crippen LogP contribution in [0.5, 0.6) is 5.75 Å². The Bertz CT molecular complexity index is 768. The van der Waals surface area contributed by atoms with E-state index in [9.17, 15) is 9.59 Å². The van der Waals surface area contributed by atoms with Crippen LogP contribution in [-0.4, -0.2) is 18.9 Å². The van der Waals surface area contributed by atoms with Crippen molar-refractivity contribution in [3.63, 3.8) is 0 Å². The Morgan fingerprint density at radius 2 is 1.71 bits per heavy atom. The lowest BCUT2D eigenvalue weighted by molar-refractivity contribution is 0.0926. The van der Waals surface area contributed by atoms with Crippen LogP contribution in [0, 0.1) is 6.92 Å². The van der Waals surface area contributed by atoms with Crippen LogP contribution < -0.4 is 15.4 Å². The molecule has 0 saturated heterocycles. The number of hydrogen-bond acceptors (Lipinski definition) is 4. The van der Waals surface area contributed by atoms with E-state index in [2.05, 4.69) is 0 Å². The van der Waals surface area contributed by atoms with Gasteiger partial charge in [-0.3, -0.25) is 9.59 Å². The van der Waals surface area contributed by atoms with Crippen LogP contribution in [0.3, 0.4) is 0 Å². The topological polar surface area (TPSA) is 72.6 Å². The molecular weight excluding hydrogens is 268 g/mol. The maximum absolute atomic E-state index is 12.5. The van der Waals surface area contributed by atoms with Gasteiger partial charge in [-0.1, -0.05) is 0 Å². The number of anilines is 2. The number of nitrogen functional groups attached to an aromatic ring is 1. The number of nitrogens with two attached hydrogens (primary N) is 1. The zero-order valence-electron chi connectivity index (χ0n) is 11.7. The van der Waals surface area contributed by atoms with Crippen molar-refractivity contribution in [2.24, 2.45) is 0 Å². The van der Waals surface area contributed by atoms with Gasteiger partial charge in [0.05, 0.1) is 23.9 Å². The van der Waals surface area contributed by atoms with Crippen molar-refractivity contribution >= 4 is 23.2 Å². The number of hydrogen-bond donors (Lipinski definition) is 1. The van der Waals surface area contributed by atoms with Gasteiger partial charge in [0.2, 0.25) is 0 Å². The Balaban J connectivity index is 2.11. The molecule has 1 heterocycles. The summed E-state index contributed by atoms with van der Waals surface area (Å²) < 4.78 is 5.10. The van der Waals surface area contributed by atoms with Crippen LogP contribution in [0.25, 0.3) is 0 Å². The second kappa shape index (κ2) is 4.63. The predicted octanol–water partition coefficient (Wildman–Crippen LogP) is 2.39. The van der Waals surface area contributed by atoms with Crippen LogP contribution in [0.4, 0.5) is 11.4 Å². The zero-order valence-corrected chi connectivity index (χ0v) is 11.7. The second-order valence-electron chi connectivity index (χ2n) is 4.90. The number of imide groups is 1. The molecule has 0 fully saturated rings. The van der Waals surface area contributed by atoms with Crippen LogP contribution >= 0.6 is 0 Å². The molecule has 2 amide bonds. The molecule has 0 unspecified atom stereocenters. The highest BCUT2D eigenvalue weighted by Crippen LogP contribution is 2.32. The van der Waals surface area contributed by atoms with Crippen molar-refractivity contribution < 1.29 is 14.3 Å². The van der Waals surface area contributed by atoms with Crippen LogP contribution in [0.2, 0.25) is 0 Å². The standard InChI is InChI=1S/C16H14N2O3/c1-9-7-10(17)3-6-14(9)18-15(19)12-5-4-11(21-2)8-13(12)16(18)20/h3-8H,17H2,1-2H3. The molecule has 0 aliphatic carbocycles. The molecule has 2 aromatic carbocycles. The fourth-order valence-corrected chi connectivity index (χ4v) is 2.50. The van der Waals surface area contributed by atoms with Gasteiger partial charge in [-0.05, 0) is 48.9 Å². The van der Waals surface area contributed by atoms with E-state index in [0.717, 1.165) is 5.56 Å². The third-order valence-electron chi connectivity index (χ3n) is 3.56. The Hall–Kier alpha value is -2.82. The van der Waals surface area contributed by atoms with Crippen molar-refractivity contribution in [2.45, 2.75) is 6.92 Å². The molecule has 21 heavy (non-hydrogen) atoms. The molecule has 3 rings (SSSR count). The summed E-state index contributed by atoms with van der Waals surface area (Å²) in [6.07, 6.45) is 0. The van der Waals surface area contributed by atoms with Gasteiger partial charge >= 0.3 is 0 Å². The van der Waals surface area contributed by atoms with Crippen molar-refractivity contribution in [2.75, 3.05) is 17.7 Å². The van der Waals surface area contributed by atoms with Crippen molar-refractivity contribution in [1.82, 2.24) is 0 Å². The Morgan fingerprint density at radius 3 is 2.38 bits per heavy atom. The summed E-state index contributed by atoms with van der Waals surface area (Å²) in [5.74, 6) is -0.127. The van der Waals surface area contributed by atoms with Gasteiger partial charge in [-0.2, -0.15) is 0 Å². The normalized spacial score (nSPS) is 13.5. The van der Waals surface area contributed by atoms with Gasteiger partial charge < -0.3 is 10.5 Å². The summed E-state index contributed by atoms with van der Waals surface area (Å²) in [6, 6.07) is 9.96. The monoisotopic (exact) mass is 282 g/mol. The number of benzene rings is 2. The lowest BCUT2D eigenvalue weighted by atomic mass is 10.1. The summed E-state index contributed by atoms with van der Waals surface area (Å²) in [6.45, 7) is 1.82. The highest BCUT2D eigenvalue weighted by molar-refractivity contribution is 6.34. The van der Waals surface area contributed by atoms with Gasteiger partial charge in [-0.25, -0.2) is 4.90 Å². The molecule has 0 radical (unpaired) electrons. The van der Waals surface area contributed by atoms with Gasteiger partial charge in [0.15, 0.2) is 0 Å².